The summed E-state index contributed by atoms with van der Waals surface area (Å²) in [5.41, 5.74) is 1.84. The zero-order valence-electron chi connectivity index (χ0n) is 31.7. The molecule has 1 aliphatic rings. The number of aliphatic carboxylic acids is 1. The van der Waals surface area contributed by atoms with Gasteiger partial charge in [-0.1, -0.05) is 50.9 Å². The number of nitrogens with zero attached hydrogens (tertiary/aromatic N) is 5. The van der Waals surface area contributed by atoms with E-state index in [9.17, 15) is 9.90 Å². The third kappa shape index (κ3) is 11.5. The van der Waals surface area contributed by atoms with Crippen LogP contribution in [0.1, 0.15) is 37.3 Å². The Labute approximate surface area is 310 Å². The van der Waals surface area contributed by atoms with Crippen LogP contribution >= 0.6 is 11.6 Å². The number of methoxy groups -OCH3 is 2. The smallest absolute Gasteiger partial charge is 0.336 e. The molecule has 1 unspecified atom stereocenters. The van der Waals surface area contributed by atoms with Crippen LogP contribution in [-0.2, 0) is 28.5 Å². The minimum Gasteiger partial charge on any atom is -0.479 e. The van der Waals surface area contributed by atoms with E-state index in [4.69, 9.17) is 45.4 Å². The molecule has 1 N–H and O–H groups in total. The van der Waals surface area contributed by atoms with Crippen molar-refractivity contribution in [3.8, 4) is 11.1 Å². The predicted molar refractivity (Wildman–Crippen MR) is 206 cm³/mol. The van der Waals surface area contributed by atoms with Gasteiger partial charge in [-0.05, 0) is 49.9 Å². The molecule has 0 spiro atoms. The van der Waals surface area contributed by atoms with E-state index in [0.29, 0.717) is 76.4 Å². The van der Waals surface area contributed by atoms with Crippen LogP contribution in [0.5, 0.6) is 0 Å². The highest BCUT2D eigenvalue weighted by Crippen LogP contribution is 2.46. The van der Waals surface area contributed by atoms with Gasteiger partial charge in [-0.2, -0.15) is 9.61 Å². The zero-order chi connectivity index (χ0) is 37.2. The summed E-state index contributed by atoms with van der Waals surface area (Å²) in [6, 6.07) is 7.84. The fourth-order valence-corrected chi connectivity index (χ4v) is 8.00. The van der Waals surface area contributed by atoms with Crippen molar-refractivity contribution in [2.75, 3.05) is 65.6 Å². The Morgan fingerprint density at radius 2 is 1.65 bits per heavy atom. The minimum atomic E-state index is -1.34. The van der Waals surface area contributed by atoms with Crippen LogP contribution in [0.4, 0.5) is 5.82 Å². The molecule has 3 atom stereocenters. The number of rotatable bonds is 21. The summed E-state index contributed by atoms with van der Waals surface area (Å²) < 4.78 is 31.3. The molecule has 4 rings (SSSR count). The molecule has 3 aromatic rings. The van der Waals surface area contributed by atoms with Gasteiger partial charge in [-0.25, -0.2) is 14.8 Å². The minimum absolute atomic E-state index is 0.0392. The summed E-state index contributed by atoms with van der Waals surface area (Å²) in [6.07, 6.45) is 5.55. The van der Waals surface area contributed by atoms with E-state index in [2.05, 4.69) is 55.2 Å². The van der Waals surface area contributed by atoms with Crippen LogP contribution in [0.3, 0.4) is 0 Å². The molecule has 1 saturated carbocycles. The molecule has 3 aromatic heterocycles. The molecule has 15 heteroatoms. The number of carbonyl (C=O) groups is 1. The second kappa shape index (κ2) is 18.5. The largest absolute Gasteiger partial charge is 0.479 e. The van der Waals surface area contributed by atoms with Crippen LogP contribution in [0.25, 0.3) is 16.8 Å². The summed E-state index contributed by atoms with van der Waals surface area (Å²) >= 11 is 6.15. The molecule has 0 aromatic carbocycles. The van der Waals surface area contributed by atoms with E-state index < -0.39 is 27.7 Å². The van der Waals surface area contributed by atoms with Gasteiger partial charge in [0, 0.05) is 91.1 Å². The van der Waals surface area contributed by atoms with E-state index in [1.165, 1.54) is 0 Å². The van der Waals surface area contributed by atoms with E-state index in [-0.39, 0.29) is 18.4 Å². The number of carboxylic acids is 1. The number of aromatic nitrogens is 4. The van der Waals surface area contributed by atoms with Crippen LogP contribution in [0, 0.1) is 5.92 Å². The predicted octanol–water partition coefficient (Wildman–Crippen LogP) is 7.28. The van der Waals surface area contributed by atoms with Crippen LogP contribution in [0.2, 0.25) is 56.5 Å². The number of halogens is 1. The monoisotopic (exact) mass is 763 g/mol. The first-order valence-electron chi connectivity index (χ1n) is 17.9. The Balaban J connectivity index is 1.77. The van der Waals surface area contributed by atoms with E-state index >= 15 is 0 Å². The number of hydrogen-bond acceptors (Lipinski definition) is 10. The number of pyridine rings is 1. The van der Waals surface area contributed by atoms with Crippen molar-refractivity contribution in [2.45, 2.75) is 88.6 Å². The second-order valence-electron chi connectivity index (χ2n) is 15.9. The summed E-state index contributed by atoms with van der Waals surface area (Å²) in [5.74, 6) is -0.498. The Morgan fingerprint density at radius 1 is 0.980 bits per heavy atom. The standard InChI is InChI=1S/C36H58ClN5O7Si2/c1-45-14-12-29-21-27(11-13-36(29,35(43)44)49-16-15-46-2)31-22-33(42-34(40-31)30(24-39-42)28-9-10-32(37)38-23-28)41(25-47-17-19-50(3,4)5)26-48-18-20-51(6,7)8/h9-10,22-24,27,29H,11-21,25-26H2,1-8H3,(H,43,44)/t27-,29?,36-/m1/s1. The number of carboxylic acid groups (broad SMARTS) is 1. The van der Waals surface area contributed by atoms with Gasteiger partial charge in [0.05, 0.1) is 19.4 Å². The Bertz CT molecular complexity index is 1530. The lowest BCUT2D eigenvalue weighted by Crippen LogP contribution is -2.52. The molecule has 51 heavy (non-hydrogen) atoms. The third-order valence-corrected chi connectivity index (χ3v) is 13.1. The Morgan fingerprint density at radius 3 is 2.22 bits per heavy atom. The van der Waals surface area contributed by atoms with Crippen molar-refractivity contribution < 1.29 is 33.6 Å². The molecule has 0 amide bonds. The topological polar surface area (TPSA) is 130 Å². The van der Waals surface area contributed by atoms with E-state index in [0.717, 1.165) is 34.7 Å². The molecule has 0 radical (unpaired) electrons. The average molecular weight is 765 g/mol. The van der Waals surface area contributed by atoms with E-state index in [1.807, 2.05) is 10.6 Å². The summed E-state index contributed by atoms with van der Waals surface area (Å²) in [5, 5.41) is 15.8. The van der Waals surface area contributed by atoms with Crippen molar-refractivity contribution in [1.29, 1.82) is 0 Å². The fourth-order valence-electron chi connectivity index (χ4n) is 6.38. The average Bonchev–Trinajstić information content (AvgIpc) is 3.50. The number of fused-ring (bicyclic) bond motifs is 1. The van der Waals surface area contributed by atoms with Crippen LogP contribution in [-0.4, -0.2) is 113 Å². The Kier molecular flexibility index (Phi) is 15.0. The van der Waals surface area contributed by atoms with Crippen molar-refractivity contribution >= 4 is 45.2 Å². The SMILES string of the molecule is COCCO[C@]1(C(=O)O)CC[C@@H](c2cc(N(COCC[Si](C)(C)C)COCC[Si](C)(C)C)n3ncc(-c4ccc(Cl)nc4)c3n2)CC1CCOC. The molecular weight excluding hydrogens is 706 g/mol. The fraction of sp³-hybridized carbons (Fsp3) is 0.667. The summed E-state index contributed by atoms with van der Waals surface area (Å²) in [7, 11) is 0.611. The zero-order valence-corrected chi connectivity index (χ0v) is 34.5. The van der Waals surface area contributed by atoms with Crippen LogP contribution in [0.15, 0.2) is 30.6 Å². The first-order chi connectivity index (χ1) is 24.2. The molecule has 0 bridgehead atoms. The van der Waals surface area contributed by atoms with Crippen LogP contribution < -0.4 is 4.90 Å². The second-order valence-corrected chi connectivity index (χ2v) is 27.6. The molecule has 0 saturated heterocycles. The van der Waals surface area contributed by atoms with Crippen molar-refractivity contribution in [3.05, 3.63) is 41.4 Å². The molecule has 3 heterocycles. The number of ether oxygens (including phenoxy) is 5. The maximum Gasteiger partial charge on any atom is 0.336 e. The van der Waals surface area contributed by atoms with Gasteiger partial charge in [-0.3, -0.25) is 0 Å². The van der Waals surface area contributed by atoms with E-state index in [1.54, 1.807) is 32.7 Å². The molecule has 0 aliphatic heterocycles. The molecule has 1 aliphatic carbocycles. The molecule has 284 valence electrons. The van der Waals surface area contributed by atoms with Gasteiger partial charge in [0.25, 0.3) is 0 Å². The first kappa shape index (κ1) is 41.3. The summed E-state index contributed by atoms with van der Waals surface area (Å²) in [6.45, 7) is 17.0. The van der Waals surface area contributed by atoms with Gasteiger partial charge in [0.15, 0.2) is 11.2 Å². The number of anilines is 1. The molecule has 12 nitrogen and oxygen atoms in total. The highest BCUT2D eigenvalue weighted by atomic mass is 35.5. The highest BCUT2D eigenvalue weighted by Gasteiger charge is 2.51. The molecular formula is C36H58ClN5O7Si2. The van der Waals surface area contributed by atoms with Crippen molar-refractivity contribution in [1.82, 2.24) is 19.6 Å². The normalized spacial score (nSPS) is 19.9. The maximum atomic E-state index is 12.9. The lowest BCUT2D eigenvalue weighted by Gasteiger charge is -2.43. The van der Waals surface area contributed by atoms with Gasteiger partial charge in [0.2, 0.25) is 0 Å². The van der Waals surface area contributed by atoms with Gasteiger partial charge in [0.1, 0.15) is 24.4 Å². The third-order valence-electron chi connectivity index (χ3n) is 9.51. The first-order valence-corrected chi connectivity index (χ1v) is 25.7. The van der Waals surface area contributed by atoms with Crippen molar-refractivity contribution in [2.24, 2.45) is 5.92 Å². The highest BCUT2D eigenvalue weighted by molar-refractivity contribution is 6.76. The van der Waals surface area contributed by atoms with Crippen molar-refractivity contribution in [3.63, 3.8) is 0 Å². The maximum absolute atomic E-state index is 12.9. The van der Waals surface area contributed by atoms with Gasteiger partial charge in [-0.15, -0.1) is 0 Å². The number of hydrogen-bond donors (Lipinski definition) is 1. The summed E-state index contributed by atoms with van der Waals surface area (Å²) in [4.78, 5) is 24.5. The molecule has 1 fully saturated rings. The van der Waals surface area contributed by atoms with Gasteiger partial charge >= 0.3 is 5.97 Å². The Hall–Kier alpha value is -2.44. The quantitative estimate of drug-likeness (QED) is 0.0509. The lowest BCUT2D eigenvalue weighted by atomic mass is 9.68. The van der Waals surface area contributed by atoms with Gasteiger partial charge < -0.3 is 33.7 Å². The lowest BCUT2D eigenvalue weighted by molar-refractivity contribution is -0.185.